The quantitative estimate of drug-likeness (QED) is 0.787. The Hall–Kier alpha value is -2.93. The van der Waals surface area contributed by atoms with Gasteiger partial charge in [0.1, 0.15) is 5.75 Å². The maximum absolute atomic E-state index is 12.4. The maximum Gasteiger partial charge on any atom is 0.255 e. The Morgan fingerprint density at radius 2 is 2.08 bits per heavy atom. The summed E-state index contributed by atoms with van der Waals surface area (Å²) in [5, 5.41) is 14.6. The molecule has 3 aromatic rings. The van der Waals surface area contributed by atoms with Gasteiger partial charge in [0.2, 0.25) is 0 Å². The van der Waals surface area contributed by atoms with Crippen molar-refractivity contribution in [2.24, 2.45) is 7.05 Å². The minimum absolute atomic E-state index is 0.256. The Balaban J connectivity index is 1.83. The van der Waals surface area contributed by atoms with Crippen molar-refractivity contribution in [1.29, 1.82) is 0 Å². The molecule has 0 saturated heterocycles. The number of halogens is 1. The molecule has 0 saturated carbocycles. The minimum atomic E-state index is -0.256. The van der Waals surface area contributed by atoms with Crippen LogP contribution in [0.3, 0.4) is 0 Å². The predicted octanol–water partition coefficient (Wildman–Crippen LogP) is 2.79. The third-order valence-electron chi connectivity index (χ3n) is 3.41. The lowest BCUT2D eigenvalue weighted by molar-refractivity contribution is 0.102. The van der Waals surface area contributed by atoms with E-state index in [0.29, 0.717) is 27.8 Å². The fraction of sp³-hybridized carbons (Fsp3) is 0.125. The third-order valence-corrected chi connectivity index (χ3v) is 3.71. The first-order valence-electron chi connectivity index (χ1n) is 7.06. The van der Waals surface area contributed by atoms with Gasteiger partial charge >= 0.3 is 0 Å². The largest absolute Gasteiger partial charge is 0.495 e. The van der Waals surface area contributed by atoms with Crippen LogP contribution in [0.15, 0.2) is 42.5 Å². The van der Waals surface area contributed by atoms with Crippen molar-refractivity contribution < 1.29 is 9.53 Å². The van der Waals surface area contributed by atoms with Crippen LogP contribution in [-0.4, -0.2) is 33.2 Å². The number of carbonyl (C=O) groups is 1. The van der Waals surface area contributed by atoms with Gasteiger partial charge in [-0.25, -0.2) is 4.68 Å². The highest BCUT2D eigenvalue weighted by Gasteiger charge is 2.11. The molecule has 0 atom stereocenters. The van der Waals surface area contributed by atoms with Crippen LogP contribution in [0.25, 0.3) is 11.4 Å². The molecule has 7 nitrogen and oxygen atoms in total. The first-order chi connectivity index (χ1) is 11.6. The molecule has 0 aliphatic rings. The van der Waals surface area contributed by atoms with Crippen LogP contribution in [0, 0.1) is 0 Å². The van der Waals surface area contributed by atoms with Gasteiger partial charge in [-0.2, -0.15) is 0 Å². The van der Waals surface area contributed by atoms with E-state index in [1.807, 2.05) is 6.07 Å². The van der Waals surface area contributed by atoms with Gasteiger partial charge in [0.25, 0.3) is 5.91 Å². The highest BCUT2D eigenvalue weighted by molar-refractivity contribution is 6.32. The molecule has 0 radical (unpaired) electrons. The third kappa shape index (κ3) is 3.21. The monoisotopic (exact) mass is 343 g/mol. The molecule has 0 bridgehead atoms. The van der Waals surface area contributed by atoms with Gasteiger partial charge in [-0.05, 0) is 40.8 Å². The smallest absolute Gasteiger partial charge is 0.255 e. The number of aromatic nitrogens is 4. The highest BCUT2D eigenvalue weighted by atomic mass is 35.5. The lowest BCUT2D eigenvalue weighted by atomic mass is 10.1. The molecule has 0 spiro atoms. The van der Waals surface area contributed by atoms with Gasteiger partial charge in [-0.15, -0.1) is 5.10 Å². The second-order valence-electron chi connectivity index (χ2n) is 5.01. The lowest BCUT2D eigenvalue weighted by Crippen LogP contribution is -2.12. The molecule has 0 aliphatic heterocycles. The number of anilines is 1. The zero-order valence-corrected chi connectivity index (χ0v) is 13.8. The van der Waals surface area contributed by atoms with E-state index in [4.69, 9.17) is 16.3 Å². The Morgan fingerprint density at radius 3 is 2.75 bits per heavy atom. The second-order valence-corrected chi connectivity index (χ2v) is 5.42. The van der Waals surface area contributed by atoms with Gasteiger partial charge in [0.15, 0.2) is 5.82 Å². The Kier molecular flexibility index (Phi) is 4.43. The Morgan fingerprint density at radius 1 is 1.25 bits per heavy atom. The van der Waals surface area contributed by atoms with Gasteiger partial charge in [-0.3, -0.25) is 4.79 Å². The number of aryl methyl sites for hydroxylation is 1. The minimum Gasteiger partial charge on any atom is -0.495 e. The van der Waals surface area contributed by atoms with Crippen molar-refractivity contribution in [3.05, 3.63) is 53.1 Å². The number of methoxy groups -OCH3 is 1. The molecule has 1 amide bonds. The SMILES string of the molecule is COc1ccc(NC(=O)c2cccc(-c3nnnn3C)c2)cc1Cl. The van der Waals surface area contributed by atoms with E-state index in [2.05, 4.69) is 20.8 Å². The van der Waals surface area contributed by atoms with E-state index in [1.165, 1.54) is 7.11 Å². The van der Waals surface area contributed by atoms with Crippen molar-refractivity contribution in [1.82, 2.24) is 20.2 Å². The van der Waals surface area contributed by atoms with E-state index < -0.39 is 0 Å². The molecule has 3 rings (SSSR count). The molecular formula is C16H14ClN5O2. The average molecular weight is 344 g/mol. The second kappa shape index (κ2) is 6.67. The van der Waals surface area contributed by atoms with Crippen molar-refractivity contribution in [2.75, 3.05) is 12.4 Å². The van der Waals surface area contributed by atoms with Crippen LogP contribution in [0.1, 0.15) is 10.4 Å². The predicted molar refractivity (Wildman–Crippen MR) is 90.2 cm³/mol. The van der Waals surface area contributed by atoms with Crippen molar-refractivity contribution >= 4 is 23.2 Å². The molecular weight excluding hydrogens is 330 g/mol. The van der Waals surface area contributed by atoms with Crippen LogP contribution < -0.4 is 10.1 Å². The number of amides is 1. The summed E-state index contributed by atoms with van der Waals surface area (Å²) >= 11 is 6.07. The number of nitrogens with one attached hydrogen (secondary N) is 1. The first-order valence-corrected chi connectivity index (χ1v) is 7.44. The fourth-order valence-electron chi connectivity index (χ4n) is 2.22. The van der Waals surface area contributed by atoms with Gasteiger partial charge in [0, 0.05) is 23.9 Å². The van der Waals surface area contributed by atoms with Crippen LogP contribution in [-0.2, 0) is 7.05 Å². The number of carbonyl (C=O) groups excluding carboxylic acids is 1. The topological polar surface area (TPSA) is 81.9 Å². The summed E-state index contributed by atoms with van der Waals surface area (Å²) in [7, 11) is 3.27. The summed E-state index contributed by atoms with van der Waals surface area (Å²) in [5.41, 5.74) is 1.82. The van der Waals surface area contributed by atoms with E-state index in [9.17, 15) is 4.79 Å². The highest BCUT2D eigenvalue weighted by Crippen LogP contribution is 2.27. The van der Waals surface area contributed by atoms with Crippen LogP contribution in [0.4, 0.5) is 5.69 Å². The first kappa shape index (κ1) is 15.9. The zero-order chi connectivity index (χ0) is 17.1. The normalized spacial score (nSPS) is 10.5. The summed E-state index contributed by atoms with van der Waals surface area (Å²) < 4.78 is 6.63. The van der Waals surface area contributed by atoms with Crippen molar-refractivity contribution in [3.8, 4) is 17.1 Å². The summed E-state index contributed by atoms with van der Waals surface area (Å²) in [5.74, 6) is 0.872. The number of nitrogens with zero attached hydrogens (tertiary/aromatic N) is 4. The molecule has 8 heteroatoms. The van der Waals surface area contributed by atoms with E-state index in [1.54, 1.807) is 48.1 Å². The van der Waals surface area contributed by atoms with Crippen LogP contribution in [0.5, 0.6) is 5.75 Å². The summed E-state index contributed by atoms with van der Waals surface area (Å²) in [4.78, 5) is 12.4. The maximum atomic E-state index is 12.4. The lowest BCUT2D eigenvalue weighted by Gasteiger charge is -2.09. The van der Waals surface area contributed by atoms with Gasteiger partial charge in [0.05, 0.1) is 12.1 Å². The zero-order valence-electron chi connectivity index (χ0n) is 13.0. The molecule has 0 aliphatic carbocycles. The molecule has 2 aromatic carbocycles. The number of ether oxygens (including phenoxy) is 1. The summed E-state index contributed by atoms with van der Waals surface area (Å²) in [6.07, 6.45) is 0. The average Bonchev–Trinajstić information content (AvgIpc) is 3.01. The van der Waals surface area contributed by atoms with Gasteiger partial charge in [-0.1, -0.05) is 23.7 Å². The molecule has 1 aromatic heterocycles. The van der Waals surface area contributed by atoms with Crippen molar-refractivity contribution in [3.63, 3.8) is 0 Å². The number of benzene rings is 2. The Bertz CT molecular complexity index is 894. The van der Waals surface area contributed by atoms with E-state index in [-0.39, 0.29) is 5.91 Å². The molecule has 0 unspecified atom stereocenters. The molecule has 24 heavy (non-hydrogen) atoms. The number of hydrogen-bond acceptors (Lipinski definition) is 5. The summed E-state index contributed by atoms with van der Waals surface area (Å²) in [6.45, 7) is 0. The number of hydrogen-bond donors (Lipinski definition) is 1. The van der Waals surface area contributed by atoms with E-state index >= 15 is 0 Å². The molecule has 0 fully saturated rings. The summed E-state index contributed by atoms with van der Waals surface area (Å²) in [6, 6.07) is 12.1. The number of tetrazole rings is 1. The number of rotatable bonds is 4. The van der Waals surface area contributed by atoms with Gasteiger partial charge < -0.3 is 10.1 Å². The molecule has 122 valence electrons. The molecule has 1 heterocycles. The van der Waals surface area contributed by atoms with Crippen LogP contribution in [0.2, 0.25) is 5.02 Å². The van der Waals surface area contributed by atoms with Crippen molar-refractivity contribution in [2.45, 2.75) is 0 Å². The molecule has 1 N–H and O–H groups in total. The standard InChI is InChI=1S/C16H14ClN5O2/c1-22-15(19-20-21-22)10-4-3-5-11(8-10)16(23)18-12-6-7-14(24-2)13(17)9-12/h3-9H,1-2H3,(H,18,23). The van der Waals surface area contributed by atoms with Crippen LogP contribution >= 0.6 is 11.6 Å². The Labute approximate surface area is 143 Å². The van der Waals surface area contributed by atoms with E-state index in [0.717, 1.165) is 5.56 Å². The fourth-order valence-corrected chi connectivity index (χ4v) is 2.48.